The van der Waals surface area contributed by atoms with Gasteiger partial charge in [0.25, 0.3) is 0 Å². The predicted molar refractivity (Wildman–Crippen MR) is 61.1 cm³/mol. The molecule has 2 aromatic rings. The SMILES string of the molecule is CCC.Cc1ccc2[nH]ccc2c1.[HH]. The molecule has 1 aromatic heterocycles. The van der Waals surface area contributed by atoms with Gasteiger partial charge in [-0.1, -0.05) is 31.9 Å². The summed E-state index contributed by atoms with van der Waals surface area (Å²) in [6.07, 6.45) is 3.21. The second kappa shape index (κ2) is 4.70. The molecule has 1 N–H and O–H groups in total. The molecule has 72 valence electrons. The van der Waals surface area contributed by atoms with Crippen molar-refractivity contribution >= 4 is 10.9 Å². The highest BCUT2D eigenvalue weighted by Crippen LogP contribution is 2.12. The fraction of sp³-hybridized carbons (Fsp3) is 0.333. The van der Waals surface area contributed by atoms with Crippen LogP contribution >= 0.6 is 0 Å². The van der Waals surface area contributed by atoms with Crippen LogP contribution in [0.2, 0.25) is 0 Å². The number of H-pyrrole nitrogens is 1. The number of aromatic amines is 1. The molecule has 2 rings (SSSR count). The molecule has 1 aromatic carbocycles. The van der Waals surface area contributed by atoms with E-state index in [0.29, 0.717) is 0 Å². The number of benzene rings is 1. The third kappa shape index (κ3) is 2.62. The zero-order chi connectivity index (χ0) is 9.68. The number of nitrogens with one attached hydrogen (secondary N) is 1. The first-order valence-corrected chi connectivity index (χ1v) is 4.81. The van der Waals surface area contributed by atoms with Crippen LogP contribution in [-0.2, 0) is 0 Å². The fourth-order valence-electron chi connectivity index (χ4n) is 1.17. The van der Waals surface area contributed by atoms with Crippen molar-refractivity contribution in [2.45, 2.75) is 27.2 Å². The molecule has 1 heteroatoms. The Labute approximate surface area is 81.3 Å². The van der Waals surface area contributed by atoms with Crippen molar-refractivity contribution in [2.75, 3.05) is 0 Å². The molecule has 0 saturated carbocycles. The Morgan fingerprint density at radius 1 is 1.23 bits per heavy atom. The second-order valence-electron chi connectivity index (χ2n) is 3.28. The van der Waals surface area contributed by atoms with Crippen molar-refractivity contribution in [1.82, 2.24) is 4.98 Å². The molecule has 0 aliphatic rings. The van der Waals surface area contributed by atoms with Crippen molar-refractivity contribution in [2.24, 2.45) is 0 Å². The van der Waals surface area contributed by atoms with Crippen LogP contribution in [0.15, 0.2) is 30.5 Å². The summed E-state index contributed by atoms with van der Waals surface area (Å²) >= 11 is 0. The number of rotatable bonds is 0. The fourth-order valence-corrected chi connectivity index (χ4v) is 1.17. The van der Waals surface area contributed by atoms with Gasteiger partial charge >= 0.3 is 0 Å². The van der Waals surface area contributed by atoms with Crippen LogP contribution in [-0.4, -0.2) is 4.98 Å². The first-order valence-electron chi connectivity index (χ1n) is 4.81. The average molecular weight is 177 g/mol. The first-order chi connectivity index (χ1) is 6.27. The molecule has 0 amide bonds. The van der Waals surface area contributed by atoms with Gasteiger partial charge in [0, 0.05) is 13.1 Å². The number of hydrogen-bond acceptors (Lipinski definition) is 0. The maximum atomic E-state index is 3.15. The molecule has 0 spiro atoms. The summed E-state index contributed by atoms with van der Waals surface area (Å²) in [6.45, 7) is 6.35. The van der Waals surface area contributed by atoms with Gasteiger partial charge in [0.05, 0.1) is 0 Å². The maximum absolute atomic E-state index is 3.15. The molecular weight excluding hydrogens is 158 g/mol. The van der Waals surface area contributed by atoms with Crippen LogP contribution in [0, 0.1) is 6.92 Å². The minimum Gasteiger partial charge on any atom is -0.361 e. The Balaban J connectivity index is 0.000000381. The van der Waals surface area contributed by atoms with E-state index in [9.17, 15) is 0 Å². The molecule has 0 fully saturated rings. The van der Waals surface area contributed by atoms with E-state index < -0.39 is 0 Å². The molecular formula is C12H19N. The van der Waals surface area contributed by atoms with Gasteiger partial charge in [-0.05, 0) is 30.5 Å². The van der Waals surface area contributed by atoms with Gasteiger partial charge in [0.15, 0.2) is 0 Å². The van der Waals surface area contributed by atoms with Gasteiger partial charge in [0.1, 0.15) is 0 Å². The zero-order valence-corrected chi connectivity index (χ0v) is 8.59. The first kappa shape index (κ1) is 9.85. The van der Waals surface area contributed by atoms with E-state index in [0.717, 1.165) is 0 Å². The Morgan fingerprint density at radius 2 is 1.92 bits per heavy atom. The number of aryl methyl sites for hydroxylation is 1. The van der Waals surface area contributed by atoms with E-state index in [1.165, 1.54) is 22.9 Å². The maximum Gasteiger partial charge on any atom is 0.0454 e. The lowest BCUT2D eigenvalue weighted by Crippen LogP contribution is -1.69. The quantitative estimate of drug-likeness (QED) is 0.622. The van der Waals surface area contributed by atoms with Gasteiger partial charge in [-0.2, -0.15) is 0 Å². The van der Waals surface area contributed by atoms with E-state index in [1.54, 1.807) is 0 Å². The lowest BCUT2D eigenvalue weighted by molar-refractivity contribution is 1.09. The second-order valence-corrected chi connectivity index (χ2v) is 3.28. The van der Waals surface area contributed by atoms with Crippen molar-refractivity contribution in [3.8, 4) is 0 Å². The highest BCUT2D eigenvalue weighted by Gasteiger charge is 1.90. The van der Waals surface area contributed by atoms with Crippen molar-refractivity contribution in [1.29, 1.82) is 0 Å². The minimum absolute atomic E-state index is 0. The van der Waals surface area contributed by atoms with E-state index in [1.807, 2.05) is 6.20 Å². The van der Waals surface area contributed by atoms with E-state index in [4.69, 9.17) is 0 Å². The highest BCUT2D eigenvalue weighted by atomic mass is 14.7. The summed E-state index contributed by atoms with van der Waals surface area (Å²) < 4.78 is 0. The Kier molecular flexibility index (Phi) is 3.56. The van der Waals surface area contributed by atoms with E-state index >= 15 is 0 Å². The third-order valence-electron chi connectivity index (χ3n) is 1.71. The number of fused-ring (bicyclic) bond motifs is 1. The summed E-state index contributed by atoms with van der Waals surface area (Å²) in [5.41, 5.74) is 2.53. The monoisotopic (exact) mass is 177 g/mol. The topological polar surface area (TPSA) is 15.8 Å². The Bertz CT molecular complexity index is 365. The van der Waals surface area contributed by atoms with Gasteiger partial charge in [0.2, 0.25) is 0 Å². The van der Waals surface area contributed by atoms with Gasteiger partial charge < -0.3 is 4.98 Å². The molecule has 1 heterocycles. The largest absolute Gasteiger partial charge is 0.361 e. The van der Waals surface area contributed by atoms with Crippen molar-refractivity contribution < 1.29 is 1.43 Å². The van der Waals surface area contributed by atoms with Crippen molar-refractivity contribution in [3.05, 3.63) is 36.0 Å². The normalized spacial score (nSPS) is 9.46. The lowest BCUT2D eigenvalue weighted by atomic mass is 10.2. The molecule has 0 saturated heterocycles. The van der Waals surface area contributed by atoms with Gasteiger partial charge in [-0.25, -0.2) is 0 Å². The summed E-state index contributed by atoms with van der Waals surface area (Å²) in [5.74, 6) is 0. The zero-order valence-electron chi connectivity index (χ0n) is 8.59. The Morgan fingerprint density at radius 3 is 2.62 bits per heavy atom. The van der Waals surface area contributed by atoms with E-state index in [-0.39, 0.29) is 1.43 Å². The van der Waals surface area contributed by atoms with E-state index in [2.05, 4.69) is 50.0 Å². The smallest absolute Gasteiger partial charge is 0.0454 e. The van der Waals surface area contributed by atoms with Crippen molar-refractivity contribution in [3.63, 3.8) is 0 Å². The molecule has 0 atom stereocenters. The standard InChI is InChI=1S/C9H9N.C3H8.H2/c1-7-2-3-9-8(6-7)4-5-10-9;1-3-2;/h2-6,10H,1H3;3H2,1-2H3;1H. The van der Waals surface area contributed by atoms with Crippen LogP contribution < -0.4 is 0 Å². The average Bonchev–Trinajstić information content (AvgIpc) is 2.52. The molecule has 0 aliphatic carbocycles. The summed E-state index contributed by atoms with van der Waals surface area (Å²) in [6, 6.07) is 8.47. The molecule has 1 nitrogen and oxygen atoms in total. The Hall–Kier alpha value is -1.24. The highest BCUT2D eigenvalue weighted by molar-refractivity contribution is 5.79. The molecule has 13 heavy (non-hydrogen) atoms. The van der Waals surface area contributed by atoms with Crippen LogP contribution in [0.25, 0.3) is 10.9 Å². The van der Waals surface area contributed by atoms with Crippen LogP contribution in [0.1, 0.15) is 27.3 Å². The molecule has 0 bridgehead atoms. The molecule has 0 radical (unpaired) electrons. The van der Waals surface area contributed by atoms with Crippen LogP contribution in [0.3, 0.4) is 0 Å². The van der Waals surface area contributed by atoms with Gasteiger partial charge in [-0.3, -0.25) is 0 Å². The molecule has 0 aliphatic heterocycles. The minimum atomic E-state index is 0. The lowest BCUT2D eigenvalue weighted by Gasteiger charge is -1.90. The predicted octanol–water partition coefficient (Wildman–Crippen LogP) is 4.14. The summed E-state index contributed by atoms with van der Waals surface area (Å²) in [4.78, 5) is 3.15. The summed E-state index contributed by atoms with van der Waals surface area (Å²) in [5, 5.41) is 1.29. The summed E-state index contributed by atoms with van der Waals surface area (Å²) in [7, 11) is 0. The number of aromatic nitrogens is 1. The van der Waals surface area contributed by atoms with Gasteiger partial charge in [-0.15, -0.1) is 0 Å². The van der Waals surface area contributed by atoms with Crippen LogP contribution in [0.4, 0.5) is 0 Å². The molecule has 0 unspecified atom stereocenters. The number of hydrogen-bond donors (Lipinski definition) is 1. The third-order valence-corrected chi connectivity index (χ3v) is 1.71. The van der Waals surface area contributed by atoms with Crippen LogP contribution in [0.5, 0.6) is 0 Å².